The maximum Gasteiger partial charge on any atom is 0.434 e. The fourth-order valence-corrected chi connectivity index (χ4v) is 6.26. The van der Waals surface area contributed by atoms with Crippen LogP contribution in [0.4, 0.5) is 30.5 Å². The summed E-state index contributed by atoms with van der Waals surface area (Å²) in [5.74, 6) is -0.0900. The number of hydrogen-bond acceptors (Lipinski definition) is 7. The number of ether oxygens (including phenoxy) is 3. The Labute approximate surface area is 261 Å². The first kappa shape index (κ1) is 35.9. The molecule has 1 aromatic heterocycles. The number of rotatable bonds is 15. The quantitative estimate of drug-likeness (QED) is 0.120. The van der Waals surface area contributed by atoms with Gasteiger partial charge in [-0.05, 0) is 61.3 Å². The van der Waals surface area contributed by atoms with E-state index in [-0.39, 0.29) is 43.1 Å². The Morgan fingerprint density at radius 2 is 1.82 bits per heavy atom. The molecular weight excluding hydrogens is 589 g/mol. The van der Waals surface area contributed by atoms with Gasteiger partial charge in [-0.1, -0.05) is 46.5 Å². The maximum atomic E-state index is 13.8. The second-order valence-corrected chi connectivity index (χ2v) is 19.2. The highest BCUT2D eigenvalue weighted by Crippen LogP contribution is 2.38. The molecule has 0 amide bonds. The average molecular weight is 641 g/mol. The zero-order valence-corrected chi connectivity index (χ0v) is 28.6. The highest BCUT2D eigenvalue weighted by Gasteiger charge is 2.35. The van der Waals surface area contributed by atoms with E-state index in [0.29, 0.717) is 18.2 Å². The van der Waals surface area contributed by atoms with Crippen molar-refractivity contribution in [1.29, 1.82) is 0 Å². The Kier molecular flexibility index (Phi) is 12.7. The lowest BCUT2D eigenvalue weighted by atomic mass is 9.90. The van der Waals surface area contributed by atoms with Gasteiger partial charge in [0.2, 0.25) is 5.95 Å². The molecule has 1 aromatic carbocycles. The van der Waals surface area contributed by atoms with Crippen molar-refractivity contribution in [3.8, 4) is 0 Å². The van der Waals surface area contributed by atoms with Crippen molar-refractivity contribution < 1.29 is 32.2 Å². The largest absolute Gasteiger partial charge is 0.469 e. The zero-order valence-electron chi connectivity index (χ0n) is 27.6. The lowest BCUT2D eigenvalue weighted by Crippen LogP contribution is -2.41. The molecule has 1 aliphatic rings. The van der Waals surface area contributed by atoms with Crippen LogP contribution in [-0.2, 0) is 31.9 Å². The number of carbonyl (C=O) groups is 1. The van der Waals surface area contributed by atoms with Crippen LogP contribution in [0.1, 0.15) is 70.1 Å². The van der Waals surface area contributed by atoms with Crippen LogP contribution in [0.25, 0.3) is 0 Å². The summed E-state index contributed by atoms with van der Waals surface area (Å²) in [4.78, 5) is 18.4. The van der Waals surface area contributed by atoms with Gasteiger partial charge in [0.1, 0.15) is 6.73 Å². The number of nitrogens with zero attached hydrogens (tertiary/aromatic N) is 3. The number of nitrogens with one attached hydrogen (secondary N) is 1. The average Bonchev–Trinajstić information content (AvgIpc) is 3.36. The molecule has 1 aliphatic carbocycles. The van der Waals surface area contributed by atoms with Gasteiger partial charge in [-0.25, -0.2) is 4.98 Å². The smallest absolute Gasteiger partial charge is 0.434 e. The highest BCUT2D eigenvalue weighted by atomic mass is 28.3. The molecule has 1 heterocycles. The van der Waals surface area contributed by atoms with Crippen LogP contribution in [0.5, 0.6) is 0 Å². The van der Waals surface area contributed by atoms with E-state index in [0.717, 1.165) is 55.7 Å². The van der Waals surface area contributed by atoms with Crippen molar-refractivity contribution in [2.24, 2.45) is 5.92 Å². The molecule has 1 N–H and O–H groups in total. The predicted molar refractivity (Wildman–Crippen MR) is 171 cm³/mol. The third-order valence-electron chi connectivity index (χ3n) is 8.12. The van der Waals surface area contributed by atoms with Crippen molar-refractivity contribution >= 4 is 31.4 Å². The molecule has 44 heavy (non-hydrogen) atoms. The monoisotopic (exact) mass is 640 g/mol. The van der Waals surface area contributed by atoms with E-state index in [1.165, 1.54) is 11.7 Å². The van der Waals surface area contributed by atoms with Gasteiger partial charge in [0.15, 0.2) is 5.69 Å². The van der Waals surface area contributed by atoms with Crippen LogP contribution >= 0.6 is 0 Å². The fourth-order valence-electron chi connectivity index (χ4n) is 5.50. The summed E-state index contributed by atoms with van der Waals surface area (Å²) in [6, 6.07) is 7.08. The lowest BCUT2D eigenvalue weighted by Gasteiger charge is -2.40. The number of alkyl halides is 3. The predicted octanol–water partition coefficient (Wildman–Crippen LogP) is 8.04. The molecule has 1 atom stereocenters. The number of imidazole rings is 1. The number of methoxy groups -OCH3 is 2. The first-order valence-corrected chi connectivity index (χ1v) is 19.3. The molecule has 0 saturated heterocycles. The topological polar surface area (TPSA) is 77.9 Å². The van der Waals surface area contributed by atoms with E-state index in [1.54, 1.807) is 7.11 Å². The Balaban J connectivity index is 2.04. The van der Waals surface area contributed by atoms with Crippen LogP contribution in [0, 0.1) is 5.92 Å². The Hall–Kier alpha value is -2.57. The van der Waals surface area contributed by atoms with Crippen LogP contribution in [0.2, 0.25) is 25.7 Å². The second-order valence-electron chi connectivity index (χ2n) is 13.6. The minimum atomic E-state index is -4.61. The van der Waals surface area contributed by atoms with Gasteiger partial charge < -0.3 is 24.4 Å². The molecule has 248 valence electrons. The van der Waals surface area contributed by atoms with E-state index in [4.69, 9.17) is 14.2 Å². The van der Waals surface area contributed by atoms with Crippen LogP contribution in [0.3, 0.4) is 0 Å². The molecule has 3 rings (SSSR count). The third-order valence-corrected chi connectivity index (χ3v) is 9.82. The maximum absolute atomic E-state index is 13.8. The normalized spacial score (nSPS) is 18.4. The zero-order chi connectivity index (χ0) is 32.7. The number of hydrogen-bond donors (Lipinski definition) is 1. The van der Waals surface area contributed by atoms with Gasteiger partial charge in [-0.2, -0.15) is 13.2 Å². The van der Waals surface area contributed by atoms with Gasteiger partial charge in [0.05, 0.1) is 31.0 Å². The number of carbonyl (C=O) groups excluding carboxylic acids is 1. The number of esters is 1. The minimum Gasteiger partial charge on any atom is -0.469 e. The molecule has 1 fully saturated rings. The lowest BCUT2D eigenvalue weighted by molar-refractivity contribution is -0.141. The van der Waals surface area contributed by atoms with E-state index in [2.05, 4.69) is 48.7 Å². The van der Waals surface area contributed by atoms with Gasteiger partial charge in [-0.3, -0.25) is 9.36 Å². The standard InChI is InChI=1S/C32H51F3N4O4Si/c1-22(2)19-39(25-10-12-26(41-4)13-11-25)28-14-9-24(23(3)17-30(40)42-5)18-27(28)36-31-37-29(32(33,34)35)20-38(31)21-43-15-16-44(6,7)8/h9,14,18,20,22-23,25-26H,10-13,15-17,19,21H2,1-8H3,(H,36,37)/t23-,25-,26+/m1/s1. The SMILES string of the molecule is COC(=O)C[C@@H](C)c1ccc(N(CC(C)C)[C@H]2CC[C@@H](OC)CC2)c(Nc2nc(C(F)(F)F)cn2COCC[Si](C)(C)C)c1. The number of aromatic nitrogens is 2. The second kappa shape index (κ2) is 15.6. The van der Waals surface area contributed by atoms with E-state index in [1.807, 2.05) is 25.1 Å². The molecule has 0 bridgehead atoms. The molecule has 1 saturated carbocycles. The first-order valence-electron chi connectivity index (χ1n) is 15.6. The summed E-state index contributed by atoms with van der Waals surface area (Å²) in [5, 5.41) is 3.26. The van der Waals surface area contributed by atoms with E-state index < -0.39 is 19.9 Å². The van der Waals surface area contributed by atoms with Gasteiger partial charge in [0, 0.05) is 40.6 Å². The van der Waals surface area contributed by atoms with Crippen molar-refractivity contribution in [2.75, 3.05) is 37.6 Å². The summed E-state index contributed by atoms with van der Waals surface area (Å²) in [6.07, 6.45) is 0.597. The van der Waals surface area contributed by atoms with Crippen molar-refractivity contribution in [1.82, 2.24) is 9.55 Å². The molecule has 0 unspecified atom stereocenters. The van der Waals surface area contributed by atoms with Gasteiger partial charge >= 0.3 is 12.1 Å². The van der Waals surface area contributed by atoms with Crippen LogP contribution in [-0.4, -0.2) is 63.1 Å². The molecule has 8 nitrogen and oxygen atoms in total. The van der Waals surface area contributed by atoms with Gasteiger partial charge in [0.25, 0.3) is 0 Å². The first-order chi connectivity index (χ1) is 20.6. The van der Waals surface area contributed by atoms with Crippen molar-refractivity contribution in [3.63, 3.8) is 0 Å². The summed E-state index contributed by atoms with van der Waals surface area (Å²) in [5.41, 5.74) is 1.41. The summed E-state index contributed by atoms with van der Waals surface area (Å²) in [7, 11) is 1.73. The summed E-state index contributed by atoms with van der Waals surface area (Å²) < 4.78 is 59.3. The molecule has 0 radical (unpaired) electrons. The minimum absolute atomic E-state index is 0.0527. The molecular formula is C32H51F3N4O4Si. The number of benzene rings is 1. The van der Waals surface area contributed by atoms with Crippen LogP contribution < -0.4 is 10.2 Å². The Bertz CT molecular complexity index is 1210. The van der Waals surface area contributed by atoms with E-state index in [9.17, 15) is 18.0 Å². The fraction of sp³-hybridized carbons (Fsp3) is 0.688. The Morgan fingerprint density at radius 1 is 1.14 bits per heavy atom. The Morgan fingerprint density at radius 3 is 2.39 bits per heavy atom. The molecule has 0 aliphatic heterocycles. The summed E-state index contributed by atoms with van der Waals surface area (Å²) >= 11 is 0. The molecule has 12 heteroatoms. The van der Waals surface area contributed by atoms with Crippen molar-refractivity contribution in [3.05, 3.63) is 35.7 Å². The molecule has 0 spiro atoms. The summed E-state index contributed by atoms with van der Waals surface area (Å²) in [6.45, 7) is 14.1. The van der Waals surface area contributed by atoms with E-state index >= 15 is 0 Å². The van der Waals surface area contributed by atoms with Crippen LogP contribution in [0.15, 0.2) is 24.4 Å². The third kappa shape index (κ3) is 10.5. The van der Waals surface area contributed by atoms with Gasteiger partial charge in [-0.15, -0.1) is 0 Å². The highest BCUT2D eigenvalue weighted by molar-refractivity contribution is 6.76. The number of halogens is 3. The van der Waals surface area contributed by atoms with Crippen molar-refractivity contribution in [2.45, 2.75) is 110 Å². The molecule has 2 aromatic rings. The number of anilines is 3.